The third kappa shape index (κ3) is 1.38. The third-order valence-corrected chi connectivity index (χ3v) is 2.65. The molecule has 0 aliphatic rings. The number of carboxylic acids is 1. The molecule has 2 rings (SSSR count). The Hall–Kier alpha value is -1.40. The van der Waals surface area contributed by atoms with Gasteiger partial charge >= 0.3 is 5.97 Å². The molecule has 5 nitrogen and oxygen atoms in total. The van der Waals surface area contributed by atoms with Crippen molar-refractivity contribution in [1.29, 1.82) is 0 Å². The van der Waals surface area contributed by atoms with Gasteiger partial charge in [0, 0.05) is 11.6 Å². The summed E-state index contributed by atoms with van der Waals surface area (Å²) in [4.78, 5) is 14.6. The lowest BCUT2D eigenvalue weighted by Gasteiger charge is -1.95. The summed E-state index contributed by atoms with van der Waals surface area (Å²) in [5.74, 6) is -1.10. The molecule has 0 atom stereocenters. The molecule has 0 spiro atoms. The van der Waals surface area contributed by atoms with E-state index >= 15 is 0 Å². The summed E-state index contributed by atoms with van der Waals surface area (Å²) in [6.45, 7) is 0. The van der Waals surface area contributed by atoms with E-state index in [2.05, 4.69) is 10.1 Å². The van der Waals surface area contributed by atoms with Crippen molar-refractivity contribution in [2.24, 2.45) is 0 Å². The molecule has 0 fully saturated rings. The van der Waals surface area contributed by atoms with Gasteiger partial charge in [0.1, 0.15) is 10.7 Å². The Balaban J connectivity index is 2.52. The van der Waals surface area contributed by atoms with E-state index in [-0.39, 0.29) is 10.7 Å². The average Bonchev–Trinajstić information content (AvgIpc) is 2.71. The third-order valence-electron chi connectivity index (χ3n) is 1.54. The van der Waals surface area contributed by atoms with Crippen molar-refractivity contribution in [2.75, 3.05) is 0 Å². The maximum Gasteiger partial charge on any atom is 0.340 e. The van der Waals surface area contributed by atoms with Gasteiger partial charge in [0.2, 0.25) is 5.13 Å². The van der Waals surface area contributed by atoms with Gasteiger partial charge in [-0.1, -0.05) is 11.6 Å². The summed E-state index contributed by atoms with van der Waals surface area (Å²) in [6.07, 6.45) is 2.80. The fourth-order valence-electron chi connectivity index (χ4n) is 0.931. The van der Waals surface area contributed by atoms with E-state index in [4.69, 9.17) is 16.7 Å². The van der Waals surface area contributed by atoms with Crippen molar-refractivity contribution < 1.29 is 9.90 Å². The lowest BCUT2D eigenvalue weighted by Crippen LogP contribution is -1.98. The van der Waals surface area contributed by atoms with Gasteiger partial charge in [0.25, 0.3) is 0 Å². The van der Waals surface area contributed by atoms with E-state index in [0.717, 1.165) is 0 Å². The van der Waals surface area contributed by atoms with Gasteiger partial charge in [-0.15, -0.1) is 11.3 Å². The van der Waals surface area contributed by atoms with Crippen molar-refractivity contribution in [3.8, 4) is 5.13 Å². The fourth-order valence-corrected chi connectivity index (χ4v) is 1.84. The molecule has 72 valence electrons. The number of hydrogen-bond donors (Lipinski definition) is 1. The normalized spacial score (nSPS) is 10.4. The molecule has 7 heteroatoms. The van der Waals surface area contributed by atoms with Crippen molar-refractivity contribution >= 4 is 28.9 Å². The van der Waals surface area contributed by atoms with Crippen LogP contribution in [0, 0.1) is 0 Å². The summed E-state index contributed by atoms with van der Waals surface area (Å²) in [5.41, 5.74) is -0.0260. The smallest absolute Gasteiger partial charge is 0.340 e. The van der Waals surface area contributed by atoms with E-state index < -0.39 is 5.97 Å². The second kappa shape index (κ2) is 3.39. The van der Waals surface area contributed by atoms with Crippen molar-refractivity contribution in [1.82, 2.24) is 14.8 Å². The molecular formula is C7H4ClN3O2S. The first kappa shape index (κ1) is 9.17. The van der Waals surface area contributed by atoms with Crippen LogP contribution >= 0.6 is 22.9 Å². The number of nitrogens with zero attached hydrogens (tertiary/aromatic N) is 3. The maximum atomic E-state index is 10.6. The van der Waals surface area contributed by atoms with E-state index in [1.807, 2.05) is 0 Å². The van der Waals surface area contributed by atoms with Gasteiger partial charge in [-0.2, -0.15) is 9.78 Å². The van der Waals surface area contributed by atoms with Crippen LogP contribution in [0.5, 0.6) is 0 Å². The predicted molar refractivity (Wildman–Crippen MR) is 51.2 cm³/mol. The fraction of sp³-hybridized carbons (Fsp3) is 0. The second-order valence-corrected chi connectivity index (χ2v) is 3.61. The minimum absolute atomic E-state index is 0.0260. The van der Waals surface area contributed by atoms with Crippen LogP contribution in [0.2, 0.25) is 5.15 Å². The van der Waals surface area contributed by atoms with Gasteiger partial charge in [-0.25, -0.2) is 9.78 Å². The highest BCUT2D eigenvalue weighted by Gasteiger charge is 2.16. The lowest BCUT2D eigenvalue weighted by molar-refractivity contribution is 0.0697. The van der Waals surface area contributed by atoms with Gasteiger partial charge < -0.3 is 5.11 Å². The SMILES string of the molecule is O=C(O)c1cnn(-c2nccs2)c1Cl. The van der Waals surface area contributed by atoms with Gasteiger partial charge in [-0.3, -0.25) is 0 Å². The van der Waals surface area contributed by atoms with Gasteiger partial charge in [0.05, 0.1) is 6.20 Å². The van der Waals surface area contributed by atoms with Crippen molar-refractivity contribution in [3.05, 3.63) is 28.5 Å². The van der Waals surface area contributed by atoms with Crippen LogP contribution < -0.4 is 0 Å². The summed E-state index contributed by atoms with van der Waals surface area (Å²) in [7, 11) is 0. The minimum atomic E-state index is -1.10. The van der Waals surface area contributed by atoms with Crippen LogP contribution in [-0.4, -0.2) is 25.8 Å². The number of halogens is 1. The zero-order valence-corrected chi connectivity index (χ0v) is 8.29. The van der Waals surface area contributed by atoms with Crippen LogP contribution in [0.3, 0.4) is 0 Å². The Morgan fingerprint density at radius 1 is 1.64 bits per heavy atom. The topological polar surface area (TPSA) is 68.0 Å². The Labute approximate surface area is 87.6 Å². The Bertz CT molecular complexity index is 465. The number of hydrogen-bond acceptors (Lipinski definition) is 4. The van der Waals surface area contributed by atoms with Crippen molar-refractivity contribution in [3.63, 3.8) is 0 Å². The Kier molecular flexibility index (Phi) is 2.22. The molecule has 0 aliphatic carbocycles. The molecule has 0 saturated heterocycles. The quantitative estimate of drug-likeness (QED) is 0.851. The molecule has 0 amide bonds. The summed E-state index contributed by atoms with van der Waals surface area (Å²) >= 11 is 7.12. The molecule has 0 unspecified atom stereocenters. The monoisotopic (exact) mass is 229 g/mol. The first-order valence-electron chi connectivity index (χ1n) is 3.57. The molecule has 0 aromatic carbocycles. The molecule has 2 aromatic rings. The van der Waals surface area contributed by atoms with E-state index in [0.29, 0.717) is 5.13 Å². The molecule has 14 heavy (non-hydrogen) atoms. The second-order valence-electron chi connectivity index (χ2n) is 2.38. The first-order chi connectivity index (χ1) is 6.70. The van der Waals surface area contributed by atoms with Crippen LogP contribution in [-0.2, 0) is 0 Å². The number of carboxylic acid groups (broad SMARTS) is 1. The molecule has 2 aromatic heterocycles. The summed E-state index contributed by atoms with van der Waals surface area (Å²) in [5, 5.41) is 14.9. The van der Waals surface area contributed by atoms with Crippen molar-refractivity contribution in [2.45, 2.75) is 0 Å². The first-order valence-corrected chi connectivity index (χ1v) is 4.82. The maximum absolute atomic E-state index is 10.6. The Morgan fingerprint density at radius 2 is 2.43 bits per heavy atom. The average molecular weight is 230 g/mol. The number of aromatic nitrogens is 3. The minimum Gasteiger partial charge on any atom is -0.478 e. The molecular weight excluding hydrogens is 226 g/mol. The molecule has 0 aliphatic heterocycles. The molecule has 0 radical (unpaired) electrons. The number of rotatable bonds is 2. The van der Waals surface area contributed by atoms with E-state index in [1.165, 1.54) is 22.2 Å². The van der Waals surface area contributed by atoms with Crippen LogP contribution in [0.15, 0.2) is 17.8 Å². The van der Waals surface area contributed by atoms with E-state index in [1.54, 1.807) is 11.6 Å². The molecule has 0 saturated carbocycles. The van der Waals surface area contributed by atoms with E-state index in [9.17, 15) is 4.79 Å². The predicted octanol–water partition coefficient (Wildman–Crippen LogP) is 1.68. The molecule has 0 bridgehead atoms. The Morgan fingerprint density at radius 3 is 2.93 bits per heavy atom. The summed E-state index contributed by atoms with van der Waals surface area (Å²) < 4.78 is 1.29. The highest BCUT2D eigenvalue weighted by molar-refractivity contribution is 7.12. The highest BCUT2D eigenvalue weighted by atomic mass is 35.5. The van der Waals surface area contributed by atoms with Gasteiger partial charge in [-0.05, 0) is 0 Å². The number of thiazole rings is 1. The van der Waals surface area contributed by atoms with Crippen LogP contribution in [0.4, 0.5) is 0 Å². The standard InChI is InChI=1S/C7H4ClN3O2S/c8-5-4(6(12)13)3-10-11(5)7-9-1-2-14-7/h1-3H,(H,12,13). The zero-order chi connectivity index (χ0) is 10.1. The largest absolute Gasteiger partial charge is 0.478 e. The molecule has 1 N–H and O–H groups in total. The van der Waals surface area contributed by atoms with Gasteiger partial charge in [0.15, 0.2) is 0 Å². The highest BCUT2D eigenvalue weighted by Crippen LogP contribution is 2.21. The number of aromatic carboxylic acids is 1. The van der Waals surface area contributed by atoms with Crippen LogP contribution in [0.1, 0.15) is 10.4 Å². The molecule has 2 heterocycles. The lowest BCUT2D eigenvalue weighted by atomic mass is 10.4. The van der Waals surface area contributed by atoms with Crippen LogP contribution in [0.25, 0.3) is 5.13 Å². The zero-order valence-electron chi connectivity index (χ0n) is 6.72. The number of carbonyl (C=O) groups is 1. The summed E-state index contributed by atoms with van der Waals surface area (Å²) in [6, 6.07) is 0.